The van der Waals surface area contributed by atoms with Gasteiger partial charge in [0.15, 0.2) is 0 Å². The van der Waals surface area contributed by atoms with Gasteiger partial charge in [0.1, 0.15) is 18.1 Å². The number of carbonyl (C=O) groups excluding carboxylic acids is 1. The van der Waals surface area contributed by atoms with E-state index in [4.69, 9.17) is 4.74 Å². The van der Waals surface area contributed by atoms with Crippen LogP contribution in [-0.4, -0.2) is 32.5 Å². The Balaban J connectivity index is 1.85. The van der Waals surface area contributed by atoms with Crippen LogP contribution in [0, 0.1) is 5.82 Å². The number of rotatable bonds is 9. The normalized spacial score (nSPS) is 11.0. The maximum absolute atomic E-state index is 13.4. The highest BCUT2D eigenvalue weighted by molar-refractivity contribution is 7.92. The number of hydrogen-bond donors (Lipinski definition) is 1. The van der Waals surface area contributed by atoms with Crippen molar-refractivity contribution < 1.29 is 22.3 Å². The molecule has 1 heterocycles. The van der Waals surface area contributed by atoms with Gasteiger partial charge in [0.05, 0.1) is 29.4 Å². The number of nitrogens with one attached hydrogen (secondary N) is 1. The van der Waals surface area contributed by atoms with E-state index in [0.29, 0.717) is 18.1 Å². The average molecular weight is 444 g/mol. The van der Waals surface area contributed by atoms with Gasteiger partial charge in [-0.05, 0) is 67.6 Å². The smallest absolute Gasteiger partial charge is 0.264 e. The molecule has 162 valence electrons. The minimum atomic E-state index is -4.10. The van der Waals surface area contributed by atoms with Crippen LogP contribution < -0.4 is 14.4 Å². The molecule has 7 nitrogen and oxygen atoms in total. The first kappa shape index (κ1) is 22.2. The first-order valence-corrected chi connectivity index (χ1v) is 11.0. The number of pyridine rings is 1. The highest BCUT2D eigenvalue weighted by Gasteiger charge is 2.27. The summed E-state index contributed by atoms with van der Waals surface area (Å²) in [6.07, 6.45) is 1.60. The summed E-state index contributed by atoms with van der Waals surface area (Å²) >= 11 is 0. The number of aromatic nitrogens is 1. The molecule has 0 saturated heterocycles. The van der Waals surface area contributed by atoms with Crippen molar-refractivity contribution in [3.63, 3.8) is 0 Å². The summed E-state index contributed by atoms with van der Waals surface area (Å²) in [5.74, 6) is -0.505. The Morgan fingerprint density at radius 1 is 1.06 bits per heavy atom. The molecule has 0 unspecified atom stereocenters. The van der Waals surface area contributed by atoms with Gasteiger partial charge in [-0.25, -0.2) is 12.8 Å². The van der Waals surface area contributed by atoms with Crippen LogP contribution in [0.25, 0.3) is 0 Å². The molecule has 0 saturated carbocycles. The van der Waals surface area contributed by atoms with E-state index >= 15 is 0 Å². The van der Waals surface area contributed by atoms with Crippen LogP contribution in [0.5, 0.6) is 5.75 Å². The van der Waals surface area contributed by atoms with Crippen molar-refractivity contribution in [3.8, 4) is 5.75 Å². The predicted octanol–water partition coefficient (Wildman–Crippen LogP) is 3.13. The SMILES string of the molecule is CCOc1ccc(S(=O)(=O)N(CC(=O)NCc2ccccn2)c2ccc(F)cc2)cc1. The number of nitrogens with zero attached hydrogens (tertiary/aromatic N) is 2. The maximum atomic E-state index is 13.4. The molecule has 1 N–H and O–H groups in total. The van der Waals surface area contributed by atoms with Crippen LogP contribution in [-0.2, 0) is 21.4 Å². The monoisotopic (exact) mass is 443 g/mol. The molecule has 1 amide bonds. The summed E-state index contributed by atoms with van der Waals surface area (Å²) in [5.41, 5.74) is 0.807. The van der Waals surface area contributed by atoms with E-state index in [1.54, 1.807) is 36.5 Å². The van der Waals surface area contributed by atoms with Crippen molar-refractivity contribution in [3.05, 3.63) is 84.4 Å². The summed E-state index contributed by atoms with van der Waals surface area (Å²) in [6, 6.07) is 16.1. The molecule has 0 aliphatic carbocycles. The molecule has 2 aromatic carbocycles. The van der Waals surface area contributed by atoms with Gasteiger partial charge in [-0.3, -0.25) is 14.1 Å². The molecule has 3 rings (SSSR count). The van der Waals surface area contributed by atoms with Gasteiger partial charge >= 0.3 is 0 Å². The Bertz CT molecular complexity index is 1110. The highest BCUT2D eigenvalue weighted by atomic mass is 32.2. The Kier molecular flexibility index (Phi) is 7.19. The second kappa shape index (κ2) is 10.0. The molecule has 0 aliphatic heterocycles. The fourth-order valence-corrected chi connectivity index (χ4v) is 4.22. The van der Waals surface area contributed by atoms with E-state index in [0.717, 1.165) is 16.4 Å². The number of ether oxygens (including phenoxy) is 1. The zero-order chi connectivity index (χ0) is 22.3. The molecular weight excluding hydrogens is 421 g/mol. The molecule has 31 heavy (non-hydrogen) atoms. The summed E-state index contributed by atoms with van der Waals surface area (Å²) in [5, 5.41) is 2.66. The van der Waals surface area contributed by atoms with Gasteiger partial charge in [0.2, 0.25) is 5.91 Å². The van der Waals surface area contributed by atoms with Gasteiger partial charge < -0.3 is 10.1 Å². The molecule has 0 atom stereocenters. The Labute approximate surface area is 180 Å². The summed E-state index contributed by atoms with van der Waals surface area (Å²) in [4.78, 5) is 16.6. The topological polar surface area (TPSA) is 88.6 Å². The zero-order valence-corrected chi connectivity index (χ0v) is 17.7. The fourth-order valence-electron chi connectivity index (χ4n) is 2.80. The standard InChI is InChI=1S/C22H22FN3O4S/c1-2-30-20-10-12-21(13-11-20)31(28,29)26(19-8-6-17(23)7-9-19)16-22(27)25-15-18-5-3-4-14-24-18/h3-14H,2,15-16H2,1H3,(H,25,27). The van der Waals surface area contributed by atoms with Gasteiger partial charge in [-0.15, -0.1) is 0 Å². The predicted molar refractivity (Wildman–Crippen MR) is 115 cm³/mol. The van der Waals surface area contributed by atoms with Gasteiger partial charge in [-0.1, -0.05) is 6.07 Å². The number of anilines is 1. The molecule has 0 fully saturated rings. The van der Waals surface area contributed by atoms with Crippen molar-refractivity contribution in [1.29, 1.82) is 0 Å². The third-order valence-electron chi connectivity index (χ3n) is 4.32. The van der Waals surface area contributed by atoms with Crippen LogP contribution in [0.3, 0.4) is 0 Å². The van der Waals surface area contributed by atoms with Crippen LogP contribution in [0.15, 0.2) is 77.8 Å². The van der Waals surface area contributed by atoms with E-state index in [-0.39, 0.29) is 17.1 Å². The lowest BCUT2D eigenvalue weighted by molar-refractivity contribution is -0.119. The molecule has 0 aliphatic rings. The summed E-state index contributed by atoms with van der Waals surface area (Å²) in [6.45, 7) is 1.95. The highest BCUT2D eigenvalue weighted by Crippen LogP contribution is 2.25. The molecular formula is C22H22FN3O4S. The first-order valence-electron chi connectivity index (χ1n) is 9.58. The third kappa shape index (κ3) is 5.79. The Morgan fingerprint density at radius 3 is 2.39 bits per heavy atom. The van der Waals surface area contributed by atoms with Gasteiger partial charge in [0, 0.05) is 6.20 Å². The summed E-state index contributed by atoms with van der Waals surface area (Å²) < 4.78 is 46.3. The van der Waals surface area contributed by atoms with E-state index < -0.39 is 28.3 Å². The van der Waals surface area contributed by atoms with Crippen molar-refractivity contribution in [2.24, 2.45) is 0 Å². The van der Waals surface area contributed by atoms with Crippen molar-refractivity contribution >= 4 is 21.6 Å². The second-order valence-corrected chi connectivity index (χ2v) is 8.35. The Hall–Kier alpha value is -3.46. The van der Waals surface area contributed by atoms with Crippen LogP contribution in [0.2, 0.25) is 0 Å². The largest absolute Gasteiger partial charge is 0.494 e. The quantitative estimate of drug-likeness (QED) is 0.549. The van der Waals surface area contributed by atoms with Crippen molar-refractivity contribution in [1.82, 2.24) is 10.3 Å². The van der Waals surface area contributed by atoms with Crippen LogP contribution >= 0.6 is 0 Å². The molecule has 9 heteroatoms. The lowest BCUT2D eigenvalue weighted by Crippen LogP contribution is -2.40. The van der Waals surface area contributed by atoms with Crippen molar-refractivity contribution in [2.45, 2.75) is 18.4 Å². The summed E-state index contributed by atoms with van der Waals surface area (Å²) in [7, 11) is -4.10. The number of benzene rings is 2. The lowest BCUT2D eigenvalue weighted by Gasteiger charge is -2.24. The average Bonchev–Trinajstić information content (AvgIpc) is 2.78. The fraction of sp³-hybridized carbons (Fsp3) is 0.182. The van der Waals surface area contributed by atoms with E-state index in [9.17, 15) is 17.6 Å². The number of amides is 1. The minimum Gasteiger partial charge on any atom is -0.494 e. The molecule has 1 aromatic heterocycles. The van der Waals surface area contributed by atoms with Gasteiger partial charge in [-0.2, -0.15) is 0 Å². The van der Waals surface area contributed by atoms with Crippen molar-refractivity contribution in [2.75, 3.05) is 17.5 Å². The molecule has 0 bridgehead atoms. The number of sulfonamides is 1. The number of carbonyl (C=O) groups is 1. The molecule has 0 spiro atoms. The molecule has 3 aromatic rings. The van der Waals surface area contributed by atoms with E-state index in [1.165, 1.54) is 24.3 Å². The zero-order valence-electron chi connectivity index (χ0n) is 16.9. The third-order valence-corrected chi connectivity index (χ3v) is 6.11. The van der Waals surface area contributed by atoms with E-state index in [1.807, 2.05) is 6.92 Å². The van der Waals surface area contributed by atoms with Gasteiger partial charge in [0.25, 0.3) is 10.0 Å². The molecule has 0 radical (unpaired) electrons. The van der Waals surface area contributed by atoms with Crippen LogP contribution in [0.4, 0.5) is 10.1 Å². The Morgan fingerprint density at radius 2 is 1.77 bits per heavy atom. The van der Waals surface area contributed by atoms with E-state index in [2.05, 4.69) is 10.3 Å². The minimum absolute atomic E-state index is 0.0159. The number of hydrogen-bond acceptors (Lipinski definition) is 5. The second-order valence-electron chi connectivity index (χ2n) is 6.49. The van der Waals surface area contributed by atoms with Crippen LogP contribution in [0.1, 0.15) is 12.6 Å². The first-order chi connectivity index (χ1) is 14.9. The lowest BCUT2D eigenvalue weighted by atomic mass is 10.3. The maximum Gasteiger partial charge on any atom is 0.264 e. The number of halogens is 1.